The van der Waals surface area contributed by atoms with Gasteiger partial charge in [-0.3, -0.25) is 0 Å². The molecule has 68 valence electrons. The topological polar surface area (TPSA) is 15.3 Å². The van der Waals surface area contributed by atoms with Crippen LogP contribution in [0.1, 0.15) is 28.1 Å². The molecule has 1 N–H and O–H groups in total. The summed E-state index contributed by atoms with van der Waals surface area (Å²) in [5.74, 6) is 0. The Labute approximate surface area is 71.4 Å². The molecule has 1 heterocycles. The number of nitrogens with one attached hydrogen (secondary N) is 1. The molecule has 2 heteroatoms. The van der Waals surface area contributed by atoms with Crippen molar-refractivity contribution in [3.63, 3.8) is 0 Å². The summed E-state index contributed by atoms with van der Waals surface area (Å²) in [5, 5.41) is 3.50. The number of rotatable bonds is 3. The Hall–Kier alpha value is -0.0800. The molecule has 2 nitrogen and oxygen atoms in total. The fraction of sp³-hybridized carbons (Fsp3) is 1.00. The van der Waals surface area contributed by atoms with Crippen molar-refractivity contribution in [2.75, 3.05) is 26.2 Å². The van der Waals surface area contributed by atoms with Gasteiger partial charge in [-0.2, -0.15) is 0 Å². The summed E-state index contributed by atoms with van der Waals surface area (Å²) in [6, 6.07) is 0.794. The van der Waals surface area contributed by atoms with Gasteiger partial charge in [0.05, 0.1) is 0 Å². The van der Waals surface area contributed by atoms with E-state index in [2.05, 4.69) is 24.1 Å². The van der Waals surface area contributed by atoms with Crippen molar-refractivity contribution in [2.45, 2.75) is 32.7 Å². The molecule has 0 spiro atoms. The Balaban J connectivity index is 0.00000121. The quantitative estimate of drug-likeness (QED) is 0.666. The third-order valence-electron chi connectivity index (χ3n) is 2.53. The summed E-state index contributed by atoms with van der Waals surface area (Å²) in [4.78, 5) is 2.52. The van der Waals surface area contributed by atoms with Gasteiger partial charge in [0.1, 0.15) is 0 Å². The van der Waals surface area contributed by atoms with E-state index in [9.17, 15) is 0 Å². The zero-order chi connectivity index (χ0) is 8.10. The Bertz CT molecular complexity index is 101. The third kappa shape index (κ3) is 2.80. The van der Waals surface area contributed by atoms with E-state index in [4.69, 9.17) is 0 Å². The van der Waals surface area contributed by atoms with Crippen molar-refractivity contribution < 1.29 is 1.43 Å². The predicted molar refractivity (Wildman–Crippen MR) is 50.9 cm³/mol. The molecule has 11 heavy (non-hydrogen) atoms. The molecule has 0 aromatic carbocycles. The van der Waals surface area contributed by atoms with Crippen LogP contribution in [0.5, 0.6) is 0 Å². The number of hydrogen-bond donors (Lipinski definition) is 1. The highest BCUT2D eigenvalue weighted by molar-refractivity contribution is 4.75. The highest BCUT2D eigenvalue weighted by Crippen LogP contribution is 2.08. The summed E-state index contributed by atoms with van der Waals surface area (Å²) in [6.45, 7) is 9.34. The molecule has 0 unspecified atom stereocenters. The molecule has 1 aliphatic rings. The standard InChI is InChI=1S/C9H20N2.H2/c1-3-10-9-5-7-11(4-2)8-6-9;/h9-10H,3-8H2,1-2H3;1H. The maximum absolute atomic E-state index is 3.50. The average Bonchev–Trinajstić information content (AvgIpc) is 2.07. The second-order valence-electron chi connectivity index (χ2n) is 3.27. The first-order valence-corrected chi connectivity index (χ1v) is 4.82. The first kappa shape index (κ1) is 9.01. The summed E-state index contributed by atoms with van der Waals surface area (Å²) in [5.41, 5.74) is 0. The van der Waals surface area contributed by atoms with Crippen LogP contribution in [0.15, 0.2) is 0 Å². The number of piperidine rings is 1. The molecule has 0 bridgehead atoms. The van der Waals surface area contributed by atoms with E-state index in [-0.39, 0.29) is 1.43 Å². The van der Waals surface area contributed by atoms with Crippen LogP contribution >= 0.6 is 0 Å². The number of hydrogen-bond acceptors (Lipinski definition) is 2. The molecule has 0 aromatic heterocycles. The lowest BCUT2D eigenvalue weighted by Crippen LogP contribution is -2.42. The van der Waals surface area contributed by atoms with E-state index in [0.717, 1.165) is 12.6 Å². The van der Waals surface area contributed by atoms with Gasteiger partial charge in [0, 0.05) is 7.47 Å². The van der Waals surface area contributed by atoms with Crippen molar-refractivity contribution in [1.82, 2.24) is 10.2 Å². The van der Waals surface area contributed by atoms with Gasteiger partial charge in [0.25, 0.3) is 0 Å². The molecule has 0 amide bonds. The van der Waals surface area contributed by atoms with Crippen molar-refractivity contribution in [3.05, 3.63) is 0 Å². The predicted octanol–water partition coefficient (Wildman–Crippen LogP) is 1.33. The van der Waals surface area contributed by atoms with Gasteiger partial charge in [-0.15, -0.1) is 0 Å². The van der Waals surface area contributed by atoms with Gasteiger partial charge >= 0.3 is 0 Å². The van der Waals surface area contributed by atoms with Crippen LogP contribution in [0.2, 0.25) is 0 Å². The van der Waals surface area contributed by atoms with Crippen LogP contribution in [0.4, 0.5) is 0 Å². The van der Waals surface area contributed by atoms with Crippen LogP contribution < -0.4 is 5.32 Å². The zero-order valence-corrected chi connectivity index (χ0v) is 7.77. The van der Waals surface area contributed by atoms with Gasteiger partial charge in [-0.1, -0.05) is 13.8 Å². The normalized spacial score (nSPS) is 22.4. The van der Waals surface area contributed by atoms with E-state index in [1.54, 1.807) is 0 Å². The van der Waals surface area contributed by atoms with Crippen LogP contribution in [-0.2, 0) is 0 Å². The van der Waals surface area contributed by atoms with Crippen LogP contribution in [0.25, 0.3) is 0 Å². The summed E-state index contributed by atoms with van der Waals surface area (Å²) >= 11 is 0. The summed E-state index contributed by atoms with van der Waals surface area (Å²) in [6.07, 6.45) is 2.67. The maximum atomic E-state index is 3.50. The molecule has 0 aromatic rings. The van der Waals surface area contributed by atoms with Crippen molar-refractivity contribution in [2.24, 2.45) is 0 Å². The molecule has 0 radical (unpaired) electrons. The molecule has 1 saturated heterocycles. The highest BCUT2D eigenvalue weighted by atomic mass is 15.1. The smallest absolute Gasteiger partial charge is 0.00912 e. The van der Waals surface area contributed by atoms with Crippen LogP contribution in [0.3, 0.4) is 0 Å². The van der Waals surface area contributed by atoms with E-state index >= 15 is 0 Å². The van der Waals surface area contributed by atoms with Gasteiger partial charge in [-0.05, 0) is 39.0 Å². The fourth-order valence-electron chi connectivity index (χ4n) is 1.74. The van der Waals surface area contributed by atoms with Gasteiger partial charge < -0.3 is 10.2 Å². The van der Waals surface area contributed by atoms with Gasteiger partial charge in [-0.25, -0.2) is 0 Å². The minimum absolute atomic E-state index is 0. The average molecular weight is 158 g/mol. The first-order chi connectivity index (χ1) is 5.36. The Morgan fingerprint density at radius 2 is 2.00 bits per heavy atom. The summed E-state index contributed by atoms with van der Waals surface area (Å²) in [7, 11) is 0. The lowest BCUT2D eigenvalue weighted by atomic mass is 10.1. The minimum atomic E-state index is 0. The Kier molecular flexibility index (Phi) is 3.87. The lowest BCUT2D eigenvalue weighted by Gasteiger charge is -2.31. The Morgan fingerprint density at radius 3 is 2.45 bits per heavy atom. The third-order valence-corrected chi connectivity index (χ3v) is 2.53. The van der Waals surface area contributed by atoms with Crippen molar-refractivity contribution >= 4 is 0 Å². The first-order valence-electron chi connectivity index (χ1n) is 4.82. The second-order valence-corrected chi connectivity index (χ2v) is 3.27. The maximum Gasteiger partial charge on any atom is 0.00912 e. The molecule has 1 rings (SSSR count). The molecule has 0 saturated carbocycles. The van der Waals surface area contributed by atoms with E-state index in [1.165, 1.54) is 32.5 Å². The molecule has 0 atom stereocenters. The second kappa shape index (κ2) is 4.73. The van der Waals surface area contributed by atoms with E-state index in [0.29, 0.717) is 0 Å². The number of likely N-dealkylation sites (tertiary alicyclic amines) is 1. The van der Waals surface area contributed by atoms with Crippen molar-refractivity contribution in [3.8, 4) is 0 Å². The van der Waals surface area contributed by atoms with E-state index < -0.39 is 0 Å². The lowest BCUT2D eigenvalue weighted by molar-refractivity contribution is 0.208. The minimum Gasteiger partial charge on any atom is -0.314 e. The van der Waals surface area contributed by atoms with Gasteiger partial charge in [0.2, 0.25) is 0 Å². The van der Waals surface area contributed by atoms with Crippen LogP contribution in [-0.4, -0.2) is 37.1 Å². The molecule has 1 aliphatic heterocycles. The van der Waals surface area contributed by atoms with Crippen molar-refractivity contribution in [1.29, 1.82) is 0 Å². The zero-order valence-electron chi connectivity index (χ0n) is 7.77. The number of nitrogens with zero attached hydrogens (tertiary/aromatic N) is 1. The van der Waals surface area contributed by atoms with Gasteiger partial charge in [0.15, 0.2) is 0 Å². The molecule has 0 aliphatic carbocycles. The fourth-order valence-corrected chi connectivity index (χ4v) is 1.74. The SMILES string of the molecule is CCNC1CCN(CC)CC1.[HH]. The summed E-state index contributed by atoms with van der Waals surface area (Å²) < 4.78 is 0. The van der Waals surface area contributed by atoms with E-state index in [1.807, 2.05) is 0 Å². The Morgan fingerprint density at radius 1 is 1.36 bits per heavy atom. The molecular weight excluding hydrogens is 136 g/mol. The monoisotopic (exact) mass is 158 g/mol. The van der Waals surface area contributed by atoms with Crippen LogP contribution in [0, 0.1) is 0 Å². The highest BCUT2D eigenvalue weighted by Gasteiger charge is 2.15. The molecule has 1 fully saturated rings. The molecular formula is C9H22N2. The largest absolute Gasteiger partial charge is 0.314 e.